The Labute approximate surface area is 94.0 Å². The van der Waals surface area contributed by atoms with Gasteiger partial charge in [-0.3, -0.25) is 4.79 Å². The van der Waals surface area contributed by atoms with E-state index >= 15 is 0 Å². The monoisotopic (exact) mass is 272 g/mol. The van der Waals surface area contributed by atoms with Crippen LogP contribution < -0.4 is 15.6 Å². The number of ether oxygens (including phenoxy) is 1. The van der Waals surface area contributed by atoms with Gasteiger partial charge >= 0.3 is 0 Å². The molecule has 0 aliphatic heterocycles. The van der Waals surface area contributed by atoms with Gasteiger partial charge in [0.1, 0.15) is 5.75 Å². The molecular formula is C9H7BrNO4-. The SMILES string of the molecule is NC(=O)COc1ccc(C(=O)[O-])cc1Br. The summed E-state index contributed by atoms with van der Waals surface area (Å²) in [5.41, 5.74) is 4.91. The van der Waals surface area contributed by atoms with Crippen LogP contribution in [0.2, 0.25) is 0 Å². The highest BCUT2D eigenvalue weighted by Crippen LogP contribution is 2.25. The zero-order valence-electron chi connectivity index (χ0n) is 7.53. The summed E-state index contributed by atoms with van der Waals surface area (Å²) in [6.45, 7) is -0.261. The Hall–Kier alpha value is -1.56. The molecule has 0 heterocycles. The van der Waals surface area contributed by atoms with Gasteiger partial charge in [0.2, 0.25) is 0 Å². The number of amides is 1. The van der Waals surface area contributed by atoms with Crippen LogP contribution in [0.3, 0.4) is 0 Å². The molecule has 0 unspecified atom stereocenters. The first-order valence-electron chi connectivity index (χ1n) is 3.92. The average Bonchev–Trinajstić information content (AvgIpc) is 2.15. The minimum Gasteiger partial charge on any atom is -0.545 e. The number of primary amides is 1. The number of halogens is 1. The third-order valence-electron chi connectivity index (χ3n) is 1.54. The van der Waals surface area contributed by atoms with Gasteiger partial charge in [0.05, 0.1) is 10.4 Å². The molecule has 80 valence electrons. The van der Waals surface area contributed by atoms with Crippen molar-refractivity contribution in [3.05, 3.63) is 28.2 Å². The fraction of sp³-hybridized carbons (Fsp3) is 0.111. The lowest BCUT2D eigenvalue weighted by Crippen LogP contribution is -2.22. The zero-order chi connectivity index (χ0) is 11.4. The summed E-state index contributed by atoms with van der Waals surface area (Å²) in [6, 6.07) is 4.06. The second-order valence-electron chi connectivity index (χ2n) is 2.69. The minimum absolute atomic E-state index is 0.0216. The van der Waals surface area contributed by atoms with E-state index in [0.29, 0.717) is 10.2 Å². The average molecular weight is 273 g/mol. The van der Waals surface area contributed by atoms with Gasteiger partial charge in [0.25, 0.3) is 5.91 Å². The first kappa shape index (κ1) is 11.5. The highest BCUT2D eigenvalue weighted by atomic mass is 79.9. The number of carbonyl (C=O) groups excluding carboxylic acids is 2. The van der Waals surface area contributed by atoms with Crippen LogP contribution >= 0.6 is 15.9 Å². The molecule has 0 radical (unpaired) electrons. The van der Waals surface area contributed by atoms with E-state index in [4.69, 9.17) is 10.5 Å². The second kappa shape index (κ2) is 4.79. The van der Waals surface area contributed by atoms with Gasteiger partial charge in [-0.15, -0.1) is 0 Å². The van der Waals surface area contributed by atoms with Crippen LogP contribution in [0.25, 0.3) is 0 Å². The number of carboxylic acids is 1. The summed E-state index contributed by atoms with van der Waals surface area (Å²) in [5.74, 6) is -1.54. The second-order valence-corrected chi connectivity index (χ2v) is 3.54. The predicted octanol–water partition coefficient (Wildman–Crippen LogP) is -0.323. The van der Waals surface area contributed by atoms with Crippen LogP contribution in [0.15, 0.2) is 22.7 Å². The third-order valence-corrected chi connectivity index (χ3v) is 2.16. The maximum atomic E-state index is 10.5. The van der Waals surface area contributed by atoms with Gasteiger partial charge in [-0.25, -0.2) is 0 Å². The van der Waals surface area contributed by atoms with Crippen LogP contribution in [0.4, 0.5) is 0 Å². The minimum atomic E-state index is -1.28. The van der Waals surface area contributed by atoms with E-state index in [1.165, 1.54) is 18.2 Å². The fourth-order valence-corrected chi connectivity index (χ4v) is 1.39. The van der Waals surface area contributed by atoms with E-state index in [2.05, 4.69) is 15.9 Å². The Morgan fingerprint density at radius 1 is 1.47 bits per heavy atom. The number of rotatable bonds is 4. The maximum absolute atomic E-state index is 10.5. The zero-order valence-corrected chi connectivity index (χ0v) is 9.11. The van der Waals surface area contributed by atoms with Crippen LogP contribution in [0.5, 0.6) is 5.75 Å². The highest BCUT2D eigenvalue weighted by Gasteiger charge is 2.04. The molecule has 0 aliphatic rings. The number of hydrogen-bond donors (Lipinski definition) is 1. The molecule has 0 atom stereocenters. The summed E-state index contributed by atoms with van der Waals surface area (Å²) < 4.78 is 5.42. The Morgan fingerprint density at radius 2 is 2.13 bits per heavy atom. The first-order valence-corrected chi connectivity index (χ1v) is 4.72. The molecule has 15 heavy (non-hydrogen) atoms. The van der Waals surface area contributed by atoms with Gasteiger partial charge < -0.3 is 20.4 Å². The quantitative estimate of drug-likeness (QED) is 0.813. The van der Waals surface area contributed by atoms with Crippen molar-refractivity contribution in [2.75, 3.05) is 6.61 Å². The van der Waals surface area contributed by atoms with Crippen LogP contribution in [0, 0.1) is 0 Å². The van der Waals surface area contributed by atoms with Crippen molar-refractivity contribution in [2.24, 2.45) is 5.73 Å². The molecule has 1 aromatic rings. The van der Waals surface area contributed by atoms with Crippen molar-refractivity contribution in [3.8, 4) is 5.75 Å². The van der Waals surface area contributed by atoms with Crippen LogP contribution in [-0.2, 0) is 4.79 Å². The Balaban J connectivity index is 2.83. The summed E-state index contributed by atoms with van der Waals surface area (Å²) in [6.07, 6.45) is 0. The fourth-order valence-electron chi connectivity index (χ4n) is 0.894. The topological polar surface area (TPSA) is 92.5 Å². The third kappa shape index (κ3) is 3.25. The number of nitrogens with two attached hydrogens (primary N) is 1. The molecule has 0 aliphatic carbocycles. The number of carbonyl (C=O) groups is 2. The standard InChI is InChI=1S/C9H8BrNO4/c10-6-3-5(9(13)14)1-2-7(6)15-4-8(11)12/h1-3H,4H2,(H2,11,12)(H,13,14)/p-1. The van der Waals surface area contributed by atoms with E-state index in [1.54, 1.807) is 0 Å². The van der Waals surface area contributed by atoms with E-state index in [-0.39, 0.29) is 12.2 Å². The summed E-state index contributed by atoms with van der Waals surface area (Å²) in [7, 11) is 0. The predicted molar refractivity (Wildman–Crippen MR) is 53.2 cm³/mol. The van der Waals surface area contributed by atoms with Crippen molar-refractivity contribution in [3.63, 3.8) is 0 Å². The summed E-state index contributed by atoms with van der Waals surface area (Å²) >= 11 is 3.10. The number of aromatic carboxylic acids is 1. The lowest BCUT2D eigenvalue weighted by molar-refractivity contribution is -0.255. The lowest BCUT2D eigenvalue weighted by Gasteiger charge is -2.08. The van der Waals surface area contributed by atoms with Crippen molar-refractivity contribution in [1.82, 2.24) is 0 Å². The van der Waals surface area contributed by atoms with Gasteiger partial charge in [-0.05, 0) is 39.7 Å². The molecule has 6 heteroatoms. The largest absolute Gasteiger partial charge is 0.545 e. The molecule has 0 saturated heterocycles. The molecule has 2 N–H and O–H groups in total. The maximum Gasteiger partial charge on any atom is 0.255 e. The molecule has 5 nitrogen and oxygen atoms in total. The molecule has 0 aromatic heterocycles. The van der Waals surface area contributed by atoms with Crippen molar-refractivity contribution < 1.29 is 19.4 Å². The van der Waals surface area contributed by atoms with Crippen molar-refractivity contribution in [2.45, 2.75) is 0 Å². The van der Waals surface area contributed by atoms with Gasteiger partial charge in [-0.2, -0.15) is 0 Å². The van der Waals surface area contributed by atoms with Crippen molar-refractivity contribution >= 4 is 27.8 Å². The molecule has 0 bridgehead atoms. The molecule has 1 aromatic carbocycles. The van der Waals surface area contributed by atoms with E-state index in [1.807, 2.05) is 0 Å². The first-order chi connectivity index (χ1) is 7.00. The highest BCUT2D eigenvalue weighted by molar-refractivity contribution is 9.10. The number of carboxylic acid groups (broad SMARTS) is 1. The van der Waals surface area contributed by atoms with Crippen LogP contribution in [0.1, 0.15) is 10.4 Å². The summed E-state index contributed by atoms with van der Waals surface area (Å²) in [5, 5.41) is 10.5. The summed E-state index contributed by atoms with van der Waals surface area (Å²) in [4.78, 5) is 20.9. The molecule has 0 fully saturated rings. The van der Waals surface area contributed by atoms with Crippen molar-refractivity contribution in [1.29, 1.82) is 0 Å². The number of hydrogen-bond acceptors (Lipinski definition) is 4. The van der Waals surface area contributed by atoms with Gasteiger partial charge in [0, 0.05) is 0 Å². The Kier molecular flexibility index (Phi) is 3.68. The smallest absolute Gasteiger partial charge is 0.255 e. The van der Waals surface area contributed by atoms with E-state index < -0.39 is 11.9 Å². The normalized spacial score (nSPS) is 9.67. The molecule has 0 saturated carbocycles. The molecular weight excluding hydrogens is 266 g/mol. The molecule has 0 spiro atoms. The Morgan fingerprint density at radius 3 is 2.60 bits per heavy atom. The van der Waals surface area contributed by atoms with E-state index in [0.717, 1.165) is 0 Å². The lowest BCUT2D eigenvalue weighted by atomic mass is 10.2. The van der Waals surface area contributed by atoms with Gasteiger partial charge in [-0.1, -0.05) is 0 Å². The molecule has 1 rings (SSSR count). The Bertz CT molecular complexity index is 405. The number of benzene rings is 1. The van der Waals surface area contributed by atoms with Gasteiger partial charge in [0.15, 0.2) is 6.61 Å². The molecule has 1 amide bonds. The van der Waals surface area contributed by atoms with Crippen LogP contribution in [-0.4, -0.2) is 18.5 Å². The van der Waals surface area contributed by atoms with E-state index in [9.17, 15) is 14.7 Å².